The number of anilines is 1. The molecule has 0 unspecified atom stereocenters. The van der Waals surface area contributed by atoms with Crippen LogP contribution in [0.2, 0.25) is 0 Å². The number of thiocarbonyl (C=S) groups is 1. The molecule has 2 heterocycles. The van der Waals surface area contributed by atoms with E-state index in [1.165, 1.54) is 9.80 Å². The third-order valence-corrected chi connectivity index (χ3v) is 6.81. The zero-order chi connectivity index (χ0) is 23.7. The van der Waals surface area contributed by atoms with E-state index in [1.807, 2.05) is 12.1 Å². The lowest BCUT2D eigenvalue weighted by atomic mass is 10.1. The minimum Gasteiger partial charge on any atom is -0.493 e. The average Bonchev–Trinajstić information content (AvgIpc) is 3.23. The summed E-state index contributed by atoms with van der Waals surface area (Å²) in [7, 11) is 3.12. The fourth-order valence-electron chi connectivity index (χ4n) is 3.81. The highest BCUT2D eigenvalue weighted by Gasteiger charge is 2.42. The third-order valence-electron chi connectivity index (χ3n) is 5.36. The number of carboxylic acids is 1. The van der Waals surface area contributed by atoms with Crippen molar-refractivity contribution in [2.75, 3.05) is 32.2 Å². The first-order valence-electron chi connectivity index (χ1n) is 9.97. The van der Waals surface area contributed by atoms with Gasteiger partial charge >= 0.3 is 5.97 Å². The van der Waals surface area contributed by atoms with Crippen LogP contribution in [0.3, 0.4) is 0 Å². The predicted molar refractivity (Wildman–Crippen MR) is 129 cm³/mol. The summed E-state index contributed by atoms with van der Waals surface area (Å²) in [5.41, 5.74) is 2.13. The lowest BCUT2D eigenvalue weighted by molar-refractivity contribution is -0.136. The Balaban J connectivity index is 1.60. The quantitative estimate of drug-likeness (QED) is 0.473. The molecular weight excluding hydrogens is 464 g/mol. The van der Waals surface area contributed by atoms with E-state index in [0.29, 0.717) is 40.0 Å². The van der Waals surface area contributed by atoms with Crippen molar-refractivity contribution in [1.29, 1.82) is 0 Å². The standard InChI is InChI=1S/C23H20N2O6S2/c1-30-16-8-7-13(11-17(16)31-2)9-10-24-22(29)20(33-23(24)32)19-14-5-3-4-6-15(14)25(21(19)28)12-18(26)27/h3-8,11H,9-10,12H2,1-2H3,(H,26,27)/b20-19-. The number of carbonyl (C=O) groups excluding carboxylic acids is 2. The normalized spacial score (nSPS) is 17.6. The highest BCUT2D eigenvalue weighted by Crippen LogP contribution is 2.44. The second-order valence-electron chi connectivity index (χ2n) is 7.27. The topological polar surface area (TPSA) is 96.4 Å². The number of benzene rings is 2. The molecule has 1 saturated heterocycles. The first-order chi connectivity index (χ1) is 15.8. The van der Waals surface area contributed by atoms with Crippen molar-refractivity contribution in [3.63, 3.8) is 0 Å². The first-order valence-corrected chi connectivity index (χ1v) is 11.2. The molecule has 0 saturated carbocycles. The Kier molecular flexibility index (Phi) is 6.39. The highest BCUT2D eigenvalue weighted by molar-refractivity contribution is 8.26. The zero-order valence-electron chi connectivity index (χ0n) is 17.9. The van der Waals surface area contributed by atoms with E-state index in [2.05, 4.69) is 0 Å². The van der Waals surface area contributed by atoms with Crippen LogP contribution < -0.4 is 14.4 Å². The van der Waals surface area contributed by atoms with Crippen LogP contribution in [0, 0.1) is 0 Å². The molecule has 0 bridgehead atoms. The molecule has 10 heteroatoms. The van der Waals surface area contributed by atoms with Crippen LogP contribution in [-0.2, 0) is 20.8 Å². The third kappa shape index (κ3) is 4.19. The van der Waals surface area contributed by atoms with Crippen LogP contribution in [0.25, 0.3) is 5.57 Å². The summed E-state index contributed by atoms with van der Waals surface area (Å²) < 4.78 is 10.9. The number of thioether (sulfide) groups is 1. The van der Waals surface area contributed by atoms with Crippen molar-refractivity contribution < 1.29 is 29.0 Å². The average molecular weight is 485 g/mol. The van der Waals surface area contributed by atoms with Crippen LogP contribution >= 0.6 is 24.0 Å². The van der Waals surface area contributed by atoms with Gasteiger partial charge in [0, 0.05) is 12.1 Å². The van der Waals surface area contributed by atoms with Gasteiger partial charge < -0.3 is 14.6 Å². The molecule has 0 spiro atoms. The van der Waals surface area contributed by atoms with Gasteiger partial charge in [0.05, 0.1) is 30.4 Å². The van der Waals surface area contributed by atoms with Gasteiger partial charge in [0.15, 0.2) is 11.5 Å². The van der Waals surface area contributed by atoms with E-state index in [9.17, 15) is 19.5 Å². The molecule has 1 N–H and O–H groups in total. The lowest BCUT2D eigenvalue weighted by Crippen LogP contribution is -2.33. The van der Waals surface area contributed by atoms with Crippen LogP contribution in [0.4, 0.5) is 5.69 Å². The summed E-state index contributed by atoms with van der Waals surface area (Å²) in [6.45, 7) is -0.162. The van der Waals surface area contributed by atoms with E-state index in [-0.39, 0.29) is 16.4 Å². The number of aliphatic carboxylic acids is 1. The molecule has 0 aliphatic carbocycles. The second-order valence-corrected chi connectivity index (χ2v) is 8.91. The maximum Gasteiger partial charge on any atom is 0.323 e. The van der Waals surface area contributed by atoms with Crippen molar-refractivity contribution in [2.45, 2.75) is 6.42 Å². The molecule has 2 aliphatic heterocycles. The number of carbonyl (C=O) groups is 3. The molecule has 2 aliphatic rings. The summed E-state index contributed by atoms with van der Waals surface area (Å²) in [6, 6.07) is 12.4. The number of ether oxygens (including phenoxy) is 2. The maximum atomic E-state index is 13.3. The molecule has 33 heavy (non-hydrogen) atoms. The van der Waals surface area contributed by atoms with E-state index in [0.717, 1.165) is 17.3 Å². The van der Waals surface area contributed by atoms with Crippen LogP contribution in [-0.4, -0.2) is 59.4 Å². The van der Waals surface area contributed by atoms with Gasteiger partial charge in [-0.15, -0.1) is 0 Å². The van der Waals surface area contributed by atoms with Crippen molar-refractivity contribution in [3.05, 3.63) is 58.5 Å². The Morgan fingerprint density at radius 1 is 1.03 bits per heavy atom. The number of nitrogens with zero attached hydrogens (tertiary/aromatic N) is 2. The van der Waals surface area contributed by atoms with E-state index < -0.39 is 18.4 Å². The van der Waals surface area contributed by atoms with Crippen LogP contribution in [0.1, 0.15) is 11.1 Å². The van der Waals surface area contributed by atoms with Crippen LogP contribution in [0.15, 0.2) is 47.4 Å². The Morgan fingerprint density at radius 3 is 2.45 bits per heavy atom. The molecule has 0 aromatic heterocycles. The number of amides is 2. The number of hydrogen-bond donors (Lipinski definition) is 1. The monoisotopic (exact) mass is 484 g/mol. The van der Waals surface area contributed by atoms with Gasteiger partial charge in [-0.1, -0.05) is 48.2 Å². The summed E-state index contributed by atoms with van der Waals surface area (Å²) in [5, 5.41) is 9.23. The minimum absolute atomic E-state index is 0.192. The SMILES string of the molecule is COc1ccc(CCN2C(=O)/C(=C3/C(=O)N(CC(=O)O)c4ccccc43)SC2=S)cc1OC. The summed E-state index contributed by atoms with van der Waals surface area (Å²) in [4.78, 5) is 40.5. The molecule has 2 aromatic rings. The summed E-state index contributed by atoms with van der Waals surface area (Å²) in [5.74, 6) is -0.809. The van der Waals surface area contributed by atoms with Gasteiger partial charge in [-0.3, -0.25) is 24.2 Å². The van der Waals surface area contributed by atoms with E-state index in [4.69, 9.17) is 21.7 Å². The molecule has 0 radical (unpaired) electrons. The summed E-state index contributed by atoms with van der Waals surface area (Å²) >= 11 is 6.50. The second kappa shape index (κ2) is 9.24. The number of rotatable bonds is 7. The molecule has 4 rings (SSSR count). The molecule has 0 atom stereocenters. The van der Waals surface area contributed by atoms with Gasteiger partial charge in [-0.2, -0.15) is 0 Å². The number of methoxy groups -OCH3 is 2. The predicted octanol–water partition coefficient (Wildman–Crippen LogP) is 2.95. The molecule has 2 amide bonds. The van der Waals surface area contributed by atoms with Gasteiger partial charge in [0.2, 0.25) is 0 Å². The highest BCUT2D eigenvalue weighted by atomic mass is 32.2. The molecule has 170 valence electrons. The van der Waals surface area contributed by atoms with Crippen molar-refractivity contribution in [2.24, 2.45) is 0 Å². The van der Waals surface area contributed by atoms with Crippen molar-refractivity contribution in [3.8, 4) is 11.5 Å². The molecule has 8 nitrogen and oxygen atoms in total. The van der Waals surface area contributed by atoms with Crippen LogP contribution in [0.5, 0.6) is 11.5 Å². The Labute approximate surface area is 199 Å². The minimum atomic E-state index is -1.14. The Hall–Kier alpha value is -3.37. The Bertz CT molecular complexity index is 1210. The first kappa shape index (κ1) is 22.8. The fourth-order valence-corrected chi connectivity index (χ4v) is 5.19. The lowest BCUT2D eigenvalue weighted by Gasteiger charge is -2.15. The number of para-hydroxylation sites is 1. The van der Waals surface area contributed by atoms with Gasteiger partial charge in [0.25, 0.3) is 11.8 Å². The smallest absolute Gasteiger partial charge is 0.323 e. The molecular formula is C23H20N2O6S2. The largest absolute Gasteiger partial charge is 0.493 e. The number of carboxylic acid groups (broad SMARTS) is 1. The fraction of sp³-hybridized carbons (Fsp3) is 0.217. The maximum absolute atomic E-state index is 13.3. The zero-order valence-corrected chi connectivity index (χ0v) is 19.5. The number of hydrogen-bond acceptors (Lipinski definition) is 7. The van der Waals surface area contributed by atoms with Gasteiger partial charge in [-0.25, -0.2) is 0 Å². The van der Waals surface area contributed by atoms with E-state index in [1.54, 1.807) is 44.6 Å². The number of fused-ring (bicyclic) bond motifs is 1. The van der Waals surface area contributed by atoms with Gasteiger partial charge in [-0.05, 0) is 30.2 Å². The molecule has 1 fully saturated rings. The molecule has 2 aromatic carbocycles. The van der Waals surface area contributed by atoms with Crippen molar-refractivity contribution in [1.82, 2.24) is 4.90 Å². The van der Waals surface area contributed by atoms with Gasteiger partial charge in [0.1, 0.15) is 10.9 Å². The Morgan fingerprint density at radius 2 is 1.76 bits per heavy atom. The van der Waals surface area contributed by atoms with E-state index >= 15 is 0 Å². The summed E-state index contributed by atoms with van der Waals surface area (Å²) in [6.07, 6.45) is 0.519. The van der Waals surface area contributed by atoms with Crippen molar-refractivity contribution >= 4 is 57.3 Å².